The van der Waals surface area contributed by atoms with Gasteiger partial charge in [-0.1, -0.05) is 23.8 Å². The fraction of sp³-hybridized carbons (Fsp3) is 0.263. The summed E-state index contributed by atoms with van der Waals surface area (Å²) in [6.45, 7) is 3.14. The van der Waals surface area contributed by atoms with E-state index in [0.717, 1.165) is 16.5 Å². The van der Waals surface area contributed by atoms with Gasteiger partial charge in [0.05, 0.1) is 18.3 Å². The van der Waals surface area contributed by atoms with Crippen LogP contribution in [0.5, 0.6) is 0 Å². The quantitative estimate of drug-likeness (QED) is 0.756. The molecule has 1 aromatic heterocycles. The molecule has 4 nitrogen and oxygen atoms in total. The van der Waals surface area contributed by atoms with Crippen molar-refractivity contribution in [1.82, 2.24) is 15.1 Å². The van der Waals surface area contributed by atoms with Crippen molar-refractivity contribution < 1.29 is 9.18 Å². The van der Waals surface area contributed by atoms with Gasteiger partial charge in [-0.25, -0.2) is 4.39 Å². The van der Waals surface area contributed by atoms with Crippen LogP contribution in [0.4, 0.5) is 4.39 Å². The fourth-order valence-corrected chi connectivity index (χ4v) is 2.68. The summed E-state index contributed by atoms with van der Waals surface area (Å²) < 4.78 is 14.7. The van der Waals surface area contributed by atoms with Gasteiger partial charge in [-0.3, -0.25) is 9.48 Å². The van der Waals surface area contributed by atoms with Gasteiger partial charge < -0.3 is 5.32 Å². The van der Waals surface area contributed by atoms with Crippen molar-refractivity contribution in [2.45, 2.75) is 26.3 Å². The number of carbonyl (C=O) groups excluding carboxylic acids is 1. The molecule has 2 aromatic carbocycles. The molecule has 0 atom stereocenters. The molecule has 1 amide bonds. The minimum atomic E-state index is -0.246. The lowest BCUT2D eigenvalue weighted by Crippen LogP contribution is -2.26. The van der Waals surface area contributed by atoms with E-state index in [1.54, 1.807) is 12.1 Å². The highest BCUT2D eigenvalue weighted by molar-refractivity contribution is 5.80. The number of nitrogens with one attached hydrogen (secondary N) is 1. The Morgan fingerprint density at radius 3 is 2.79 bits per heavy atom. The minimum absolute atomic E-state index is 0.00660. The number of nitrogens with zero attached hydrogens (tertiary/aromatic N) is 2. The van der Waals surface area contributed by atoms with Crippen LogP contribution in [0.2, 0.25) is 0 Å². The van der Waals surface area contributed by atoms with Gasteiger partial charge in [0.1, 0.15) is 5.82 Å². The topological polar surface area (TPSA) is 46.9 Å². The Labute approximate surface area is 140 Å². The molecule has 1 heterocycles. The van der Waals surface area contributed by atoms with Crippen molar-refractivity contribution in [2.75, 3.05) is 6.54 Å². The van der Waals surface area contributed by atoms with Crippen LogP contribution in [0.3, 0.4) is 0 Å². The van der Waals surface area contributed by atoms with E-state index in [0.29, 0.717) is 25.9 Å². The molecule has 0 aliphatic rings. The van der Waals surface area contributed by atoms with Gasteiger partial charge in [-0.05, 0) is 43.2 Å². The van der Waals surface area contributed by atoms with Gasteiger partial charge in [0.15, 0.2) is 0 Å². The van der Waals surface area contributed by atoms with E-state index in [4.69, 9.17) is 0 Å². The second-order valence-electron chi connectivity index (χ2n) is 5.91. The van der Waals surface area contributed by atoms with Crippen LogP contribution in [0.25, 0.3) is 10.9 Å². The molecule has 0 aliphatic carbocycles. The lowest BCUT2D eigenvalue weighted by atomic mass is 10.1. The Bertz CT molecular complexity index is 839. The summed E-state index contributed by atoms with van der Waals surface area (Å²) in [4.78, 5) is 12.0. The first-order valence-electron chi connectivity index (χ1n) is 8.05. The van der Waals surface area contributed by atoms with Crippen LogP contribution in [0, 0.1) is 12.7 Å². The largest absolute Gasteiger partial charge is 0.356 e. The molecule has 1 N–H and O–H groups in total. The van der Waals surface area contributed by atoms with E-state index in [1.165, 1.54) is 17.7 Å². The number of rotatable bonds is 6. The molecule has 124 valence electrons. The Hall–Kier alpha value is -2.69. The van der Waals surface area contributed by atoms with Crippen LogP contribution < -0.4 is 5.32 Å². The molecule has 24 heavy (non-hydrogen) atoms. The van der Waals surface area contributed by atoms with Crippen molar-refractivity contribution in [3.05, 3.63) is 65.6 Å². The first kappa shape index (κ1) is 16.2. The minimum Gasteiger partial charge on any atom is -0.356 e. The molecule has 0 spiro atoms. The summed E-state index contributed by atoms with van der Waals surface area (Å²) in [7, 11) is 0. The predicted octanol–water partition coefficient (Wildman–Crippen LogP) is 3.23. The third kappa shape index (κ3) is 3.98. The van der Waals surface area contributed by atoms with Gasteiger partial charge in [0.2, 0.25) is 5.91 Å². The first-order chi connectivity index (χ1) is 11.6. The highest BCUT2D eigenvalue weighted by Gasteiger charge is 2.06. The molecular formula is C19H20FN3O. The molecule has 5 heteroatoms. The third-order valence-corrected chi connectivity index (χ3v) is 4.00. The van der Waals surface area contributed by atoms with Gasteiger partial charge in [-0.2, -0.15) is 5.10 Å². The second kappa shape index (κ2) is 7.25. The number of hydrogen-bond acceptors (Lipinski definition) is 2. The Kier molecular flexibility index (Phi) is 4.89. The van der Waals surface area contributed by atoms with Gasteiger partial charge in [-0.15, -0.1) is 0 Å². The maximum Gasteiger partial charge on any atom is 0.221 e. The Morgan fingerprint density at radius 1 is 1.21 bits per heavy atom. The maximum atomic E-state index is 12.8. The summed E-state index contributed by atoms with van der Waals surface area (Å²) >= 11 is 0. The molecule has 0 fully saturated rings. The number of benzene rings is 2. The molecule has 0 saturated heterocycles. The summed E-state index contributed by atoms with van der Waals surface area (Å²) in [5, 5.41) is 8.33. The number of aryl methyl sites for hydroxylation is 2. The van der Waals surface area contributed by atoms with Crippen molar-refractivity contribution >= 4 is 16.8 Å². The predicted molar refractivity (Wildman–Crippen MR) is 92.2 cm³/mol. The third-order valence-electron chi connectivity index (χ3n) is 4.00. The van der Waals surface area contributed by atoms with Crippen molar-refractivity contribution in [3.8, 4) is 0 Å². The maximum absolute atomic E-state index is 12.8. The number of halogens is 1. The van der Waals surface area contributed by atoms with Crippen LogP contribution >= 0.6 is 0 Å². The summed E-state index contributed by atoms with van der Waals surface area (Å²) in [6.07, 6.45) is 2.90. The molecule has 3 rings (SSSR count). The average molecular weight is 325 g/mol. The Morgan fingerprint density at radius 2 is 2.00 bits per heavy atom. The number of fused-ring (bicyclic) bond motifs is 1. The Balaban J connectivity index is 1.47. The summed E-state index contributed by atoms with van der Waals surface area (Å²) in [5.41, 5.74) is 3.24. The fourth-order valence-electron chi connectivity index (χ4n) is 2.68. The summed E-state index contributed by atoms with van der Waals surface area (Å²) in [5.74, 6) is -0.252. The zero-order chi connectivity index (χ0) is 16.9. The van der Waals surface area contributed by atoms with E-state index >= 15 is 0 Å². The van der Waals surface area contributed by atoms with E-state index in [9.17, 15) is 9.18 Å². The number of carbonyl (C=O) groups is 1. The van der Waals surface area contributed by atoms with E-state index < -0.39 is 0 Å². The molecule has 0 radical (unpaired) electrons. The van der Waals surface area contributed by atoms with Crippen molar-refractivity contribution in [3.63, 3.8) is 0 Å². The molecule has 0 aliphatic heterocycles. The van der Waals surface area contributed by atoms with E-state index in [1.807, 2.05) is 29.9 Å². The van der Waals surface area contributed by atoms with Crippen LogP contribution in [-0.4, -0.2) is 22.2 Å². The molecular weight excluding hydrogens is 305 g/mol. The van der Waals surface area contributed by atoms with Gasteiger partial charge >= 0.3 is 0 Å². The van der Waals surface area contributed by atoms with Gasteiger partial charge in [0, 0.05) is 18.4 Å². The zero-order valence-corrected chi connectivity index (χ0v) is 13.6. The SMILES string of the molecule is Cc1ccc2c(cnn2CCC(=O)NCCc2ccc(F)cc2)c1. The monoisotopic (exact) mass is 325 g/mol. The first-order valence-corrected chi connectivity index (χ1v) is 8.05. The van der Waals surface area contributed by atoms with E-state index in [-0.39, 0.29) is 11.7 Å². The van der Waals surface area contributed by atoms with Gasteiger partial charge in [0.25, 0.3) is 0 Å². The molecule has 3 aromatic rings. The lowest BCUT2D eigenvalue weighted by molar-refractivity contribution is -0.121. The van der Waals surface area contributed by atoms with Crippen molar-refractivity contribution in [2.24, 2.45) is 0 Å². The molecule has 0 saturated carbocycles. The number of hydrogen-bond donors (Lipinski definition) is 1. The zero-order valence-electron chi connectivity index (χ0n) is 13.6. The van der Waals surface area contributed by atoms with Crippen molar-refractivity contribution in [1.29, 1.82) is 0 Å². The smallest absolute Gasteiger partial charge is 0.221 e. The number of aromatic nitrogens is 2. The second-order valence-corrected chi connectivity index (χ2v) is 5.91. The summed E-state index contributed by atoms with van der Waals surface area (Å²) in [6, 6.07) is 12.5. The van der Waals surface area contributed by atoms with E-state index in [2.05, 4.69) is 16.5 Å². The van der Waals surface area contributed by atoms with Crippen LogP contribution in [-0.2, 0) is 17.8 Å². The molecule has 0 bridgehead atoms. The highest BCUT2D eigenvalue weighted by Crippen LogP contribution is 2.15. The molecule has 0 unspecified atom stereocenters. The number of amides is 1. The average Bonchev–Trinajstić information content (AvgIpc) is 2.97. The normalized spacial score (nSPS) is 10.9. The van der Waals surface area contributed by atoms with Crippen LogP contribution in [0.15, 0.2) is 48.7 Å². The lowest BCUT2D eigenvalue weighted by Gasteiger charge is -2.07. The highest BCUT2D eigenvalue weighted by atomic mass is 19.1. The standard InChI is InChI=1S/C19H20FN3O/c1-14-2-7-18-16(12-14)13-22-23(18)11-9-19(24)21-10-8-15-3-5-17(20)6-4-15/h2-7,12-13H,8-11H2,1H3,(H,21,24). The van der Waals surface area contributed by atoms with Crippen LogP contribution in [0.1, 0.15) is 17.5 Å².